The second-order valence-corrected chi connectivity index (χ2v) is 5.78. The van der Waals surface area contributed by atoms with Gasteiger partial charge in [-0.2, -0.15) is 0 Å². The second-order valence-electron chi connectivity index (χ2n) is 4.86. The fourth-order valence-corrected chi connectivity index (χ4v) is 2.26. The summed E-state index contributed by atoms with van der Waals surface area (Å²) in [4.78, 5) is 6.46. The summed E-state index contributed by atoms with van der Waals surface area (Å²) in [7, 11) is 3.87. The van der Waals surface area contributed by atoms with E-state index in [1.54, 1.807) is 0 Å². The smallest absolute Gasteiger partial charge is 0.193 e. The van der Waals surface area contributed by atoms with Crippen LogP contribution >= 0.6 is 39.9 Å². The van der Waals surface area contributed by atoms with Crippen LogP contribution in [0.25, 0.3) is 0 Å². The van der Waals surface area contributed by atoms with Gasteiger partial charge in [0.1, 0.15) is 0 Å². The lowest BCUT2D eigenvalue weighted by atomic mass is 10.2. The maximum Gasteiger partial charge on any atom is 0.193 e. The van der Waals surface area contributed by atoms with Gasteiger partial charge in [-0.15, -0.1) is 24.0 Å². The summed E-state index contributed by atoms with van der Waals surface area (Å²) in [6.07, 6.45) is 2.17. The summed E-state index contributed by atoms with van der Waals surface area (Å²) < 4.78 is 6.43. The Kier molecular flexibility index (Phi) is 12.9. The maximum atomic E-state index is 5.33. The van der Waals surface area contributed by atoms with Crippen molar-refractivity contribution in [1.29, 1.82) is 0 Å². The monoisotopic (exact) mass is 483 g/mol. The van der Waals surface area contributed by atoms with Crippen LogP contribution in [0.4, 0.5) is 0 Å². The number of aliphatic imine (C=N–C) groups is 1. The molecule has 0 spiro atoms. The van der Waals surface area contributed by atoms with Crippen LogP contribution in [0.5, 0.6) is 0 Å². The van der Waals surface area contributed by atoms with E-state index >= 15 is 0 Å². The highest BCUT2D eigenvalue weighted by Gasteiger charge is 2.06. The summed E-state index contributed by atoms with van der Waals surface area (Å²) in [5, 5.41) is 3.39. The van der Waals surface area contributed by atoms with Crippen LogP contribution in [0.3, 0.4) is 0 Å². The van der Waals surface area contributed by atoms with Crippen molar-refractivity contribution in [3.05, 3.63) is 34.3 Å². The summed E-state index contributed by atoms with van der Waals surface area (Å²) >= 11 is 3.45. The Morgan fingerprint density at radius 3 is 2.55 bits per heavy atom. The van der Waals surface area contributed by atoms with E-state index in [4.69, 9.17) is 4.74 Å². The first-order chi connectivity index (χ1) is 10.2. The van der Waals surface area contributed by atoms with Gasteiger partial charge < -0.3 is 15.0 Å². The topological polar surface area (TPSA) is 36.9 Å². The molecule has 0 aliphatic rings. The second kappa shape index (κ2) is 13.1. The molecule has 0 saturated heterocycles. The van der Waals surface area contributed by atoms with Crippen molar-refractivity contribution in [3.8, 4) is 0 Å². The quantitative estimate of drug-likeness (QED) is 0.264. The molecular weight excluding hydrogens is 457 g/mol. The Morgan fingerprint density at radius 2 is 1.95 bits per heavy atom. The highest BCUT2D eigenvalue weighted by atomic mass is 127. The van der Waals surface area contributed by atoms with Gasteiger partial charge in [-0.3, -0.25) is 4.99 Å². The number of unbranched alkanes of at least 4 members (excludes halogenated alkanes) is 1. The van der Waals surface area contributed by atoms with E-state index < -0.39 is 0 Å². The summed E-state index contributed by atoms with van der Waals surface area (Å²) in [5.74, 6) is 0.925. The molecule has 0 saturated carbocycles. The van der Waals surface area contributed by atoms with E-state index in [0.29, 0.717) is 0 Å². The highest BCUT2D eigenvalue weighted by molar-refractivity contribution is 14.0. The van der Waals surface area contributed by atoms with Crippen molar-refractivity contribution in [2.45, 2.75) is 26.3 Å². The number of hydrogen-bond donors (Lipinski definition) is 1. The zero-order chi connectivity index (χ0) is 15.5. The zero-order valence-corrected chi connectivity index (χ0v) is 17.6. The summed E-state index contributed by atoms with van der Waals surface area (Å²) in [5.41, 5.74) is 1.26. The minimum absolute atomic E-state index is 0. The number of guanidine groups is 1. The molecule has 0 heterocycles. The van der Waals surface area contributed by atoms with Gasteiger partial charge in [0, 0.05) is 44.9 Å². The van der Waals surface area contributed by atoms with Gasteiger partial charge in [0.2, 0.25) is 0 Å². The molecule has 1 aromatic rings. The van der Waals surface area contributed by atoms with E-state index in [-0.39, 0.29) is 24.0 Å². The molecular formula is C16H27BrIN3O. The molecule has 0 aromatic heterocycles. The molecule has 1 rings (SSSR count). The number of halogens is 2. The Balaban J connectivity index is 0.00000441. The molecule has 0 amide bonds. The summed E-state index contributed by atoms with van der Waals surface area (Å²) in [6, 6.07) is 8.37. The first kappa shape index (κ1) is 21.7. The lowest BCUT2D eigenvalue weighted by molar-refractivity contribution is 0.143. The fourth-order valence-electron chi connectivity index (χ4n) is 2.00. The molecule has 0 aliphatic carbocycles. The molecule has 126 valence electrons. The third-order valence-electron chi connectivity index (χ3n) is 3.11. The Hall–Kier alpha value is -0.340. The Morgan fingerprint density at radius 1 is 1.27 bits per heavy atom. The van der Waals surface area contributed by atoms with Gasteiger partial charge in [-0.05, 0) is 37.5 Å². The van der Waals surface area contributed by atoms with Crippen molar-refractivity contribution >= 4 is 45.9 Å². The van der Waals surface area contributed by atoms with Crippen molar-refractivity contribution in [2.24, 2.45) is 4.99 Å². The molecule has 1 N–H and O–H groups in total. The zero-order valence-electron chi connectivity index (χ0n) is 13.6. The molecule has 0 fully saturated rings. The number of hydrogen-bond acceptors (Lipinski definition) is 2. The maximum absolute atomic E-state index is 5.33. The molecule has 22 heavy (non-hydrogen) atoms. The van der Waals surface area contributed by atoms with Gasteiger partial charge in [-0.1, -0.05) is 28.1 Å². The summed E-state index contributed by atoms with van der Waals surface area (Å²) in [6.45, 7) is 5.42. The SMILES string of the molecule is CCOCCCCNC(=NC)N(C)Cc1ccc(Br)cc1.I. The third-order valence-corrected chi connectivity index (χ3v) is 3.64. The van der Waals surface area contributed by atoms with E-state index in [1.807, 2.05) is 14.0 Å². The van der Waals surface area contributed by atoms with Crippen LogP contribution in [0.1, 0.15) is 25.3 Å². The van der Waals surface area contributed by atoms with Crippen LogP contribution in [0.2, 0.25) is 0 Å². The van der Waals surface area contributed by atoms with Gasteiger partial charge in [-0.25, -0.2) is 0 Å². The minimum Gasteiger partial charge on any atom is -0.382 e. The van der Waals surface area contributed by atoms with Crippen LogP contribution in [-0.2, 0) is 11.3 Å². The minimum atomic E-state index is 0. The Bertz CT molecular complexity index is 426. The van der Waals surface area contributed by atoms with Crippen molar-refractivity contribution in [1.82, 2.24) is 10.2 Å². The van der Waals surface area contributed by atoms with Crippen molar-refractivity contribution < 1.29 is 4.74 Å². The number of benzene rings is 1. The number of nitrogens with one attached hydrogen (secondary N) is 1. The van der Waals surface area contributed by atoms with Gasteiger partial charge in [0.05, 0.1) is 0 Å². The predicted molar refractivity (Wildman–Crippen MR) is 108 cm³/mol. The first-order valence-electron chi connectivity index (χ1n) is 7.41. The lowest BCUT2D eigenvalue weighted by Crippen LogP contribution is -2.38. The number of rotatable bonds is 8. The van der Waals surface area contributed by atoms with E-state index in [9.17, 15) is 0 Å². The molecule has 0 aliphatic heterocycles. The predicted octanol–water partition coefficient (Wildman–Crippen LogP) is 3.89. The average Bonchev–Trinajstić information content (AvgIpc) is 2.49. The lowest BCUT2D eigenvalue weighted by Gasteiger charge is -2.22. The molecule has 0 bridgehead atoms. The standard InChI is InChI=1S/C16H26BrN3O.HI/c1-4-21-12-6-5-11-19-16(18-2)20(3)13-14-7-9-15(17)10-8-14;/h7-10H,4-6,11-13H2,1-3H3,(H,18,19);1H. The molecule has 0 radical (unpaired) electrons. The van der Waals surface area contributed by atoms with Crippen LogP contribution < -0.4 is 5.32 Å². The van der Waals surface area contributed by atoms with Crippen LogP contribution in [0, 0.1) is 0 Å². The highest BCUT2D eigenvalue weighted by Crippen LogP contribution is 2.11. The fraction of sp³-hybridized carbons (Fsp3) is 0.562. The van der Waals surface area contributed by atoms with Gasteiger partial charge >= 0.3 is 0 Å². The largest absolute Gasteiger partial charge is 0.382 e. The molecule has 4 nitrogen and oxygen atoms in total. The van der Waals surface area contributed by atoms with Crippen molar-refractivity contribution in [2.75, 3.05) is 33.9 Å². The van der Waals surface area contributed by atoms with Crippen molar-refractivity contribution in [3.63, 3.8) is 0 Å². The first-order valence-corrected chi connectivity index (χ1v) is 8.20. The van der Waals surface area contributed by atoms with Crippen LogP contribution in [-0.4, -0.2) is 44.7 Å². The van der Waals surface area contributed by atoms with E-state index in [2.05, 4.69) is 62.5 Å². The van der Waals surface area contributed by atoms with E-state index in [1.165, 1.54) is 5.56 Å². The Labute approximate surface area is 159 Å². The van der Waals surface area contributed by atoms with Gasteiger partial charge in [0.25, 0.3) is 0 Å². The van der Waals surface area contributed by atoms with Gasteiger partial charge in [0.15, 0.2) is 5.96 Å². The normalized spacial score (nSPS) is 11.0. The number of nitrogens with zero attached hydrogens (tertiary/aromatic N) is 2. The molecule has 0 atom stereocenters. The molecule has 1 aromatic carbocycles. The molecule has 0 unspecified atom stereocenters. The van der Waals surface area contributed by atoms with E-state index in [0.717, 1.165) is 49.6 Å². The van der Waals surface area contributed by atoms with Crippen LogP contribution in [0.15, 0.2) is 33.7 Å². The number of ether oxygens (including phenoxy) is 1. The molecule has 6 heteroatoms. The third kappa shape index (κ3) is 8.95. The average molecular weight is 484 g/mol.